The SMILES string of the molecule is O=S(=O)(O)c1cccc(S(=O)(=O)O)c1.[Sr]. The van der Waals surface area contributed by atoms with Crippen LogP contribution in [0.5, 0.6) is 0 Å². The Labute approximate surface area is 124 Å². The third kappa shape index (κ3) is 4.49. The van der Waals surface area contributed by atoms with Gasteiger partial charge in [0.15, 0.2) is 0 Å². The van der Waals surface area contributed by atoms with Crippen LogP contribution in [0, 0.1) is 0 Å². The van der Waals surface area contributed by atoms with Crippen molar-refractivity contribution in [3.8, 4) is 0 Å². The van der Waals surface area contributed by atoms with Gasteiger partial charge in [-0.05, 0) is 18.2 Å². The molecule has 0 aliphatic rings. The fraction of sp³-hybridized carbons (Fsp3) is 0. The van der Waals surface area contributed by atoms with Gasteiger partial charge in [-0.15, -0.1) is 0 Å². The molecule has 0 atom stereocenters. The van der Waals surface area contributed by atoms with Crippen LogP contribution < -0.4 is 0 Å². The minimum absolute atomic E-state index is 0. The summed E-state index contributed by atoms with van der Waals surface area (Å²) in [6.07, 6.45) is 0. The first-order chi connectivity index (χ1) is 6.21. The minimum atomic E-state index is -4.46. The van der Waals surface area contributed by atoms with Crippen LogP contribution in [0.1, 0.15) is 0 Å². The van der Waals surface area contributed by atoms with Crippen LogP contribution in [0.15, 0.2) is 34.1 Å². The molecular weight excluding hydrogens is 320 g/mol. The van der Waals surface area contributed by atoms with E-state index in [-0.39, 0.29) is 45.5 Å². The maximum atomic E-state index is 10.6. The predicted molar refractivity (Wildman–Crippen MR) is 51.8 cm³/mol. The fourth-order valence-electron chi connectivity index (χ4n) is 0.795. The Morgan fingerprint density at radius 3 is 1.47 bits per heavy atom. The second-order valence-corrected chi connectivity index (χ2v) is 5.27. The van der Waals surface area contributed by atoms with Gasteiger partial charge in [0.05, 0.1) is 9.79 Å². The van der Waals surface area contributed by atoms with Gasteiger partial charge >= 0.3 is 0 Å². The van der Waals surface area contributed by atoms with Gasteiger partial charge in [-0.3, -0.25) is 9.11 Å². The van der Waals surface area contributed by atoms with Crippen LogP contribution >= 0.6 is 0 Å². The van der Waals surface area contributed by atoms with Gasteiger partial charge in [-0.25, -0.2) is 0 Å². The molecule has 0 aromatic heterocycles. The first kappa shape index (κ1) is 15.5. The van der Waals surface area contributed by atoms with E-state index in [4.69, 9.17) is 9.11 Å². The standard InChI is InChI=1S/C6H6O6S2.Sr/c7-13(8,9)5-2-1-3-6(4-5)14(10,11)12;/h1-4H,(H,7,8,9)(H,10,11,12);. The summed E-state index contributed by atoms with van der Waals surface area (Å²) in [7, 11) is -8.92. The number of hydrogen-bond donors (Lipinski definition) is 2. The summed E-state index contributed by atoms with van der Waals surface area (Å²) < 4.78 is 59.5. The molecule has 80 valence electrons. The third-order valence-electron chi connectivity index (χ3n) is 1.40. The molecule has 0 unspecified atom stereocenters. The van der Waals surface area contributed by atoms with Gasteiger partial charge in [-0.1, -0.05) is 6.07 Å². The van der Waals surface area contributed by atoms with E-state index in [2.05, 4.69) is 0 Å². The normalized spacial score (nSPS) is 11.9. The van der Waals surface area contributed by atoms with Crippen LogP contribution in [0.3, 0.4) is 0 Å². The molecule has 0 amide bonds. The molecule has 9 heteroatoms. The van der Waals surface area contributed by atoms with Crippen molar-refractivity contribution < 1.29 is 25.9 Å². The van der Waals surface area contributed by atoms with Crippen molar-refractivity contribution in [2.45, 2.75) is 9.79 Å². The van der Waals surface area contributed by atoms with Gasteiger partial charge in [0.2, 0.25) is 0 Å². The summed E-state index contributed by atoms with van der Waals surface area (Å²) in [5, 5.41) is 0. The fourth-order valence-corrected chi connectivity index (χ4v) is 1.92. The van der Waals surface area contributed by atoms with E-state index in [0.29, 0.717) is 6.07 Å². The zero-order valence-corrected chi connectivity index (χ0v) is 12.5. The Bertz CT molecular complexity index is 499. The molecule has 0 bridgehead atoms. The summed E-state index contributed by atoms with van der Waals surface area (Å²) >= 11 is 0. The molecular formula is C6H6O6S2Sr. The Balaban J connectivity index is 0.00000196. The van der Waals surface area contributed by atoms with Crippen molar-refractivity contribution in [1.29, 1.82) is 0 Å². The van der Waals surface area contributed by atoms with E-state index in [1.54, 1.807) is 0 Å². The summed E-state index contributed by atoms with van der Waals surface area (Å²) in [5.41, 5.74) is 0. The van der Waals surface area contributed by atoms with Crippen molar-refractivity contribution in [2.24, 2.45) is 0 Å². The minimum Gasteiger partial charge on any atom is -0.282 e. The van der Waals surface area contributed by atoms with E-state index in [1.165, 1.54) is 0 Å². The van der Waals surface area contributed by atoms with E-state index in [0.717, 1.165) is 18.2 Å². The maximum absolute atomic E-state index is 10.6. The average molecular weight is 326 g/mol. The number of benzene rings is 1. The molecule has 0 saturated carbocycles. The van der Waals surface area contributed by atoms with E-state index in [9.17, 15) is 16.8 Å². The maximum Gasteiger partial charge on any atom is 0.294 e. The molecule has 0 aliphatic heterocycles. The largest absolute Gasteiger partial charge is 0.294 e. The van der Waals surface area contributed by atoms with Crippen LogP contribution in [0.4, 0.5) is 0 Å². The van der Waals surface area contributed by atoms with Crippen LogP contribution in [0.2, 0.25) is 0 Å². The molecule has 1 aromatic carbocycles. The van der Waals surface area contributed by atoms with Crippen molar-refractivity contribution in [3.05, 3.63) is 24.3 Å². The van der Waals surface area contributed by atoms with Crippen molar-refractivity contribution in [3.63, 3.8) is 0 Å². The van der Waals surface area contributed by atoms with Crippen molar-refractivity contribution >= 4 is 65.7 Å². The van der Waals surface area contributed by atoms with Gasteiger partial charge in [0.1, 0.15) is 0 Å². The van der Waals surface area contributed by atoms with Crippen LogP contribution in [-0.4, -0.2) is 71.4 Å². The molecule has 1 aromatic rings. The predicted octanol–water partition coefficient (Wildman–Crippen LogP) is -0.201. The van der Waals surface area contributed by atoms with E-state index in [1.807, 2.05) is 0 Å². The smallest absolute Gasteiger partial charge is 0.282 e. The molecule has 0 spiro atoms. The van der Waals surface area contributed by atoms with Gasteiger partial charge in [-0.2, -0.15) is 16.8 Å². The van der Waals surface area contributed by atoms with E-state index < -0.39 is 30.0 Å². The second kappa shape index (κ2) is 5.23. The second-order valence-electron chi connectivity index (χ2n) is 2.42. The van der Waals surface area contributed by atoms with E-state index >= 15 is 0 Å². The summed E-state index contributed by atoms with van der Waals surface area (Å²) in [6, 6.07) is 3.75. The summed E-state index contributed by atoms with van der Waals surface area (Å²) in [6.45, 7) is 0. The zero-order valence-electron chi connectivity index (χ0n) is 7.36. The molecule has 0 aliphatic carbocycles. The molecule has 15 heavy (non-hydrogen) atoms. The Morgan fingerprint density at radius 2 is 1.20 bits per heavy atom. The third-order valence-corrected chi connectivity index (χ3v) is 3.10. The summed E-state index contributed by atoms with van der Waals surface area (Å²) in [4.78, 5) is -1.18. The monoisotopic (exact) mass is 326 g/mol. The van der Waals surface area contributed by atoms with Crippen LogP contribution in [0.25, 0.3) is 0 Å². The molecule has 2 radical (unpaired) electrons. The molecule has 0 saturated heterocycles. The Kier molecular flexibility index (Phi) is 5.42. The van der Waals surface area contributed by atoms with Gasteiger partial charge < -0.3 is 0 Å². The molecule has 6 nitrogen and oxygen atoms in total. The number of rotatable bonds is 2. The molecule has 0 heterocycles. The average Bonchev–Trinajstić information content (AvgIpc) is 2.01. The Hall–Kier alpha value is 0.521. The Morgan fingerprint density at radius 1 is 0.867 bits per heavy atom. The van der Waals surface area contributed by atoms with Crippen molar-refractivity contribution in [1.82, 2.24) is 0 Å². The first-order valence-corrected chi connectivity index (χ1v) is 6.14. The molecule has 1 rings (SSSR count). The quantitative estimate of drug-likeness (QED) is 0.575. The zero-order chi connectivity index (χ0) is 11.0. The number of hydrogen-bond acceptors (Lipinski definition) is 4. The van der Waals surface area contributed by atoms with Gasteiger partial charge in [0, 0.05) is 45.5 Å². The topological polar surface area (TPSA) is 109 Å². The molecule has 0 fully saturated rings. The van der Waals surface area contributed by atoms with Crippen molar-refractivity contribution in [2.75, 3.05) is 0 Å². The summed E-state index contributed by atoms with van der Waals surface area (Å²) in [5.74, 6) is 0. The molecule has 2 N–H and O–H groups in total. The first-order valence-electron chi connectivity index (χ1n) is 3.26. The van der Waals surface area contributed by atoms with Crippen LogP contribution in [-0.2, 0) is 20.2 Å². The van der Waals surface area contributed by atoms with Gasteiger partial charge in [0.25, 0.3) is 20.2 Å².